The average molecular weight is 538 g/mol. The van der Waals surface area contributed by atoms with E-state index in [0.29, 0.717) is 15.8 Å². The van der Waals surface area contributed by atoms with Crippen LogP contribution in [0.5, 0.6) is 0 Å². The van der Waals surface area contributed by atoms with E-state index < -0.39 is 10.0 Å². The van der Waals surface area contributed by atoms with Crippen LogP contribution in [0.1, 0.15) is 29.0 Å². The molecule has 184 valence electrons. The first-order chi connectivity index (χ1) is 17.2. The van der Waals surface area contributed by atoms with Crippen LogP contribution in [0, 0.1) is 6.92 Å². The summed E-state index contributed by atoms with van der Waals surface area (Å²) in [5, 5.41) is 4.66. The number of hydrogen-bond acceptors (Lipinski definition) is 4. The van der Waals surface area contributed by atoms with E-state index >= 15 is 0 Å². The molecule has 0 saturated carbocycles. The van der Waals surface area contributed by atoms with E-state index in [2.05, 4.69) is 30.6 Å². The number of hydrogen-bond donors (Lipinski definition) is 2. The third-order valence-electron chi connectivity index (χ3n) is 6.05. The number of halogens is 1. The van der Waals surface area contributed by atoms with Gasteiger partial charge in [-0.2, -0.15) is 0 Å². The molecular weight excluding hydrogens is 514 g/mol. The standard InChI is InChI=1S/C26H24ClN5O2S2/c1-17-15-20(11-12-21(17)30-36(2,33)34)32-25(24(29-26(32)35)22-9-3-4-13-28-22)23-10-6-14-31(23)19-8-5-7-18(27)16-19/h3-16,24-25,30H,1-2H3,(H,29,35). The molecule has 1 saturated heterocycles. The molecule has 2 atom stereocenters. The maximum Gasteiger partial charge on any atom is 0.229 e. The molecule has 0 amide bonds. The van der Waals surface area contributed by atoms with E-state index in [0.717, 1.165) is 34.6 Å². The molecule has 0 aliphatic carbocycles. The number of benzene rings is 2. The summed E-state index contributed by atoms with van der Waals surface area (Å²) in [7, 11) is -3.40. The lowest BCUT2D eigenvalue weighted by atomic mass is 10.0. The summed E-state index contributed by atoms with van der Waals surface area (Å²) in [6.45, 7) is 1.86. The average Bonchev–Trinajstić information content (AvgIpc) is 3.44. The molecule has 1 fully saturated rings. The second-order valence-corrected chi connectivity index (χ2v) is 11.2. The SMILES string of the molecule is Cc1cc(N2C(=S)NC(c3ccccn3)C2c2cccn2-c2cccc(Cl)c2)ccc1NS(C)(=O)=O. The maximum atomic E-state index is 11.8. The third kappa shape index (κ3) is 4.82. The summed E-state index contributed by atoms with van der Waals surface area (Å²) >= 11 is 12.1. The van der Waals surface area contributed by atoms with Crippen molar-refractivity contribution in [3.63, 3.8) is 0 Å². The van der Waals surface area contributed by atoms with Crippen LogP contribution >= 0.6 is 23.8 Å². The van der Waals surface area contributed by atoms with Gasteiger partial charge >= 0.3 is 0 Å². The molecule has 36 heavy (non-hydrogen) atoms. The van der Waals surface area contributed by atoms with Crippen LogP contribution in [0.25, 0.3) is 5.69 Å². The molecule has 0 bridgehead atoms. The number of nitrogens with one attached hydrogen (secondary N) is 2. The van der Waals surface area contributed by atoms with Gasteiger partial charge in [0, 0.05) is 34.5 Å². The molecule has 10 heteroatoms. The Kier molecular flexibility index (Phi) is 6.46. The zero-order chi connectivity index (χ0) is 25.4. The molecule has 5 rings (SSSR count). The van der Waals surface area contributed by atoms with Crippen molar-refractivity contribution in [1.29, 1.82) is 0 Å². The fourth-order valence-electron chi connectivity index (χ4n) is 4.54. The van der Waals surface area contributed by atoms with Crippen molar-refractivity contribution in [2.24, 2.45) is 0 Å². The zero-order valence-corrected chi connectivity index (χ0v) is 22.0. The lowest BCUT2D eigenvalue weighted by Crippen LogP contribution is -2.30. The van der Waals surface area contributed by atoms with Gasteiger partial charge in [0.15, 0.2) is 5.11 Å². The van der Waals surface area contributed by atoms with E-state index in [1.54, 1.807) is 12.3 Å². The molecule has 1 aliphatic heterocycles. The first-order valence-electron chi connectivity index (χ1n) is 11.2. The molecule has 4 aromatic rings. The van der Waals surface area contributed by atoms with Gasteiger partial charge in [-0.3, -0.25) is 9.71 Å². The molecular formula is C26H24ClN5O2S2. The van der Waals surface area contributed by atoms with Gasteiger partial charge in [0.2, 0.25) is 10.0 Å². The number of thiocarbonyl (C=S) groups is 1. The van der Waals surface area contributed by atoms with E-state index in [-0.39, 0.29) is 12.1 Å². The van der Waals surface area contributed by atoms with Gasteiger partial charge in [-0.25, -0.2) is 8.42 Å². The van der Waals surface area contributed by atoms with Crippen molar-refractivity contribution in [1.82, 2.24) is 14.9 Å². The maximum absolute atomic E-state index is 11.8. The molecule has 7 nitrogen and oxygen atoms in total. The Labute approximate surface area is 220 Å². The summed E-state index contributed by atoms with van der Waals surface area (Å²) in [5.74, 6) is 0. The topological polar surface area (TPSA) is 79.3 Å². The van der Waals surface area contributed by atoms with Gasteiger partial charge in [-0.05, 0) is 85.4 Å². The van der Waals surface area contributed by atoms with Gasteiger partial charge in [0.1, 0.15) is 6.04 Å². The lowest BCUT2D eigenvalue weighted by molar-refractivity contribution is 0.549. The van der Waals surface area contributed by atoms with Crippen LogP contribution in [0.2, 0.25) is 5.02 Å². The molecule has 2 unspecified atom stereocenters. The highest BCUT2D eigenvalue weighted by Gasteiger charge is 2.42. The minimum Gasteiger partial charge on any atom is -0.351 e. The lowest BCUT2D eigenvalue weighted by Gasteiger charge is -2.29. The van der Waals surface area contributed by atoms with Gasteiger partial charge in [0.05, 0.1) is 23.7 Å². The highest BCUT2D eigenvalue weighted by molar-refractivity contribution is 7.92. The summed E-state index contributed by atoms with van der Waals surface area (Å²) in [6.07, 6.45) is 4.91. The molecule has 0 spiro atoms. The first-order valence-corrected chi connectivity index (χ1v) is 13.9. The Bertz CT molecular complexity index is 1540. The van der Waals surface area contributed by atoms with Gasteiger partial charge in [-0.1, -0.05) is 23.7 Å². The van der Waals surface area contributed by atoms with E-state index in [1.165, 1.54) is 0 Å². The number of aryl methyl sites for hydroxylation is 1. The number of anilines is 2. The molecule has 0 radical (unpaired) electrons. The minimum absolute atomic E-state index is 0.222. The van der Waals surface area contributed by atoms with Crippen molar-refractivity contribution in [3.8, 4) is 5.69 Å². The monoisotopic (exact) mass is 537 g/mol. The summed E-state index contributed by atoms with van der Waals surface area (Å²) < 4.78 is 28.2. The number of aromatic nitrogens is 2. The second-order valence-electron chi connectivity index (χ2n) is 8.65. The van der Waals surface area contributed by atoms with Crippen LogP contribution in [-0.4, -0.2) is 29.3 Å². The predicted molar refractivity (Wildman–Crippen MR) is 148 cm³/mol. The van der Waals surface area contributed by atoms with Crippen LogP contribution in [0.3, 0.4) is 0 Å². The van der Waals surface area contributed by atoms with Gasteiger partial charge in [-0.15, -0.1) is 0 Å². The number of pyridine rings is 1. The van der Waals surface area contributed by atoms with Crippen LogP contribution in [0.4, 0.5) is 11.4 Å². The fourth-order valence-corrected chi connectivity index (χ4v) is 5.70. The second kappa shape index (κ2) is 9.57. The summed E-state index contributed by atoms with van der Waals surface area (Å²) in [4.78, 5) is 6.67. The quantitative estimate of drug-likeness (QED) is 0.321. The molecule has 2 aromatic heterocycles. The van der Waals surface area contributed by atoms with Gasteiger partial charge in [0.25, 0.3) is 0 Å². The van der Waals surface area contributed by atoms with E-state index in [4.69, 9.17) is 23.8 Å². The fraction of sp³-hybridized carbons (Fsp3) is 0.154. The van der Waals surface area contributed by atoms with E-state index in [1.807, 2.05) is 73.8 Å². The van der Waals surface area contributed by atoms with Crippen molar-refractivity contribution in [2.45, 2.75) is 19.0 Å². The van der Waals surface area contributed by atoms with Crippen LogP contribution < -0.4 is 14.9 Å². The number of nitrogens with zero attached hydrogens (tertiary/aromatic N) is 3. The van der Waals surface area contributed by atoms with Crippen molar-refractivity contribution in [2.75, 3.05) is 15.9 Å². The normalized spacial score (nSPS) is 17.8. The summed E-state index contributed by atoms with van der Waals surface area (Å²) in [6, 6.07) is 22.7. The predicted octanol–water partition coefficient (Wildman–Crippen LogP) is 5.38. The first kappa shape index (κ1) is 24.3. The van der Waals surface area contributed by atoms with Gasteiger partial charge < -0.3 is 14.8 Å². The minimum atomic E-state index is -3.40. The Morgan fingerprint density at radius 2 is 1.86 bits per heavy atom. The molecule has 1 aliphatic rings. The van der Waals surface area contributed by atoms with Crippen molar-refractivity contribution < 1.29 is 8.42 Å². The zero-order valence-electron chi connectivity index (χ0n) is 19.6. The highest BCUT2D eigenvalue weighted by Crippen LogP contribution is 2.43. The van der Waals surface area contributed by atoms with Crippen molar-refractivity contribution >= 4 is 50.3 Å². The van der Waals surface area contributed by atoms with E-state index in [9.17, 15) is 8.42 Å². The largest absolute Gasteiger partial charge is 0.351 e. The Hall–Kier alpha value is -3.40. The van der Waals surface area contributed by atoms with Crippen LogP contribution in [0.15, 0.2) is 85.2 Å². The Morgan fingerprint density at radius 3 is 2.56 bits per heavy atom. The Balaban J connectivity index is 1.64. The van der Waals surface area contributed by atoms with Crippen LogP contribution in [-0.2, 0) is 10.0 Å². The third-order valence-corrected chi connectivity index (χ3v) is 7.19. The smallest absolute Gasteiger partial charge is 0.229 e. The summed E-state index contributed by atoms with van der Waals surface area (Å²) in [5.41, 5.74) is 4.94. The number of sulfonamides is 1. The highest BCUT2D eigenvalue weighted by atomic mass is 35.5. The molecule has 2 aromatic carbocycles. The van der Waals surface area contributed by atoms with Crippen molar-refractivity contribution in [3.05, 3.63) is 107 Å². The number of rotatable bonds is 6. The Morgan fingerprint density at radius 1 is 1.03 bits per heavy atom. The molecule has 3 heterocycles. The molecule has 2 N–H and O–H groups in total.